The van der Waals surface area contributed by atoms with Gasteiger partial charge in [-0.05, 0) is 63.6 Å². The van der Waals surface area contributed by atoms with Crippen LogP contribution in [0.15, 0.2) is 28.7 Å². The summed E-state index contributed by atoms with van der Waals surface area (Å²) in [6.45, 7) is 8.53. The number of nitro benzene ring substituents is 2. The molecule has 0 saturated heterocycles. The second-order valence-electron chi connectivity index (χ2n) is 13.1. The molecule has 0 aliphatic carbocycles. The van der Waals surface area contributed by atoms with Gasteiger partial charge in [-0.2, -0.15) is 0 Å². The Kier molecular flexibility index (Phi) is 11.8. The molecule has 4 rings (SSSR count). The topological polar surface area (TPSA) is 109 Å². The van der Waals surface area contributed by atoms with Crippen molar-refractivity contribution in [1.82, 2.24) is 0 Å². The molecule has 240 valence electrons. The maximum absolute atomic E-state index is 11.4. The maximum atomic E-state index is 11.4. The fourth-order valence-corrected chi connectivity index (χ4v) is 6.62. The summed E-state index contributed by atoms with van der Waals surface area (Å²) in [7, 11) is 0. The van der Waals surface area contributed by atoms with Crippen molar-refractivity contribution in [3.8, 4) is 17.1 Å². The van der Waals surface area contributed by atoms with E-state index in [1.54, 1.807) is 0 Å². The summed E-state index contributed by atoms with van der Waals surface area (Å²) in [6, 6.07) is 5.46. The molecule has 0 amide bonds. The maximum Gasteiger partial charge on any atom is 0.277 e. The number of nitrogens with zero attached hydrogens (tertiary/aromatic N) is 2. The smallest absolute Gasteiger partial charge is 0.277 e. The largest absolute Gasteiger partial charge is 0.487 e. The fraction of sp³-hybridized carbons (Fsp3) is 0.611. The third-order valence-electron chi connectivity index (χ3n) is 9.50. The normalized spacial score (nSPS) is 16.2. The van der Waals surface area contributed by atoms with Gasteiger partial charge in [-0.1, -0.05) is 90.4 Å². The summed E-state index contributed by atoms with van der Waals surface area (Å²) in [4.78, 5) is 21.6. The minimum absolute atomic E-state index is 0.220. The summed E-state index contributed by atoms with van der Waals surface area (Å²) < 4.78 is 13.0. The van der Waals surface area contributed by atoms with E-state index in [4.69, 9.17) is 9.15 Å². The highest BCUT2D eigenvalue weighted by atomic mass is 16.6. The van der Waals surface area contributed by atoms with Gasteiger partial charge in [-0.15, -0.1) is 0 Å². The van der Waals surface area contributed by atoms with E-state index in [1.807, 2.05) is 19.9 Å². The van der Waals surface area contributed by atoms with Crippen molar-refractivity contribution < 1.29 is 19.0 Å². The van der Waals surface area contributed by atoms with Crippen molar-refractivity contribution in [2.45, 2.75) is 142 Å². The van der Waals surface area contributed by atoms with E-state index >= 15 is 0 Å². The second-order valence-corrected chi connectivity index (χ2v) is 13.1. The molecule has 2 aromatic carbocycles. The first-order valence-corrected chi connectivity index (χ1v) is 16.8. The third kappa shape index (κ3) is 8.39. The predicted octanol–water partition coefficient (Wildman–Crippen LogP) is 11.5. The van der Waals surface area contributed by atoms with Gasteiger partial charge in [-0.3, -0.25) is 20.2 Å². The Morgan fingerprint density at radius 3 is 1.80 bits per heavy atom. The molecule has 3 aromatic rings. The quantitative estimate of drug-likeness (QED) is 0.0809. The molecule has 0 fully saturated rings. The van der Waals surface area contributed by atoms with Crippen LogP contribution in [0.4, 0.5) is 11.4 Å². The van der Waals surface area contributed by atoms with Crippen LogP contribution in [0, 0.1) is 34.1 Å². The highest BCUT2D eigenvalue weighted by Gasteiger charge is 2.34. The summed E-state index contributed by atoms with van der Waals surface area (Å²) in [5, 5.41) is 23.8. The van der Waals surface area contributed by atoms with E-state index in [9.17, 15) is 20.2 Å². The molecule has 1 unspecified atom stereocenters. The Labute approximate surface area is 261 Å². The fourth-order valence-electron chi connectivity index (χ4n) is 6.62. The Balaban J connectivity index is 1.32. The molecule has 1 aliphatic rings. The average Bonchev–Trinajstić information content (AvgIpc) is 3.45. The SMILES string of the molecule is CCCCCCCCCCCCCCCCC1(C)CCc2c(c(C)c(C)c3oc(-c4cc([N+](=O)[O-])cc([N+](=O)[O-])c4)cc23)O1. The molecule has 0 bridgehead atoms. The summed E-state index contributed by atoms with van der Waals surface area (Å²) >= 11 is 0. The predicted molar refractivity (Wildman–Crippen MR) is 177 cm³/mol. The number of unbranched alkanes of at least 4 members (excludes halogenated alkanes) is 13. The van der Waals surface area contributed by atoms with E-state index in [0.29, 0.717) is 16.9 Å². The van der Waals surface area contributed by atoms with Crippen molar-refractivity contribution in [2.24, 2.45) is 0 Å². The summed E-state index contributed by atoms with van der Waals surface area (Å²) in [5.41, 5.74) is 3.17. The molecule has 0 radical (unpaired) electrons. The van der Waals surface area contributed by atoms with E-state index in [0.717, 1.165) is 59.6 Å². The zero-order valence-electron chi connectivity index (χ0n) is 27.2. The van der Waals surface area contributed by atoms with Gasteiger partial charge in [0.1, 0.15) is 22.7 Å². The molecular formula is C36H50N2O6. The molecule has 44 heavy (non-hydrogen) atoms. The number of ether oxygens (including phenoxy) is 1. The van der Waals surface area contributed by atoms with Crippen LogP contribution >= 0.6 is 0 Å². The molecular weight excluding hydrogens is 556 g/mol. The first-order chi connectivity index (χ1) is 21.1. The van der Waals surface area contributed by atoms with Crippen molar-refractivity contribution in [3.05, 3.63) is 61.2 Å². The number of aryl methyl sites for hydroxylation is 2. The van der Waals surface area contributed by atoms with Gasteiger partial charge in [0, 0.05) is 28.6 Å². The monoisotopic (exact) mass is 606 g/mol. The van der Waals surface area contributed by atoms with E-state index in [1.165, 1.54) is 95.6 Å². The zero-order chi connectivity index (χ0) is 31.7. The number of hydrogen-bond donors (Lipinski definition) is 0. The summed E-state index contributed by atoms with van der Waals surface area (Å²) in [5.74, 6) is 1.28. The first-order valence-electron chi connectivity index (χ1n) is 16.8. The minimum Gasteiger partial charge on any atom is -0.487 e. The molecule has 1 aliphatic heterocycles. The lowest BCUT2D eigenvalue weighted by molar-refractivity contribution is -0.394. The third-order valence-corrected chi connectivity index (χ3v) is 9.50. The van der Waals surface area contributed by atoms with Crippen LogP contribution in [-0.2, 0) is 6.42 Å². The number of non-ortho nitro benzene ring substituents is 2. The Hall–Kier alpha value is -3.42. The van der Waals surface area contributed by atoms with Crippen LogP contribution in [0.2, 0.25) is 0 Å². The Bertz CT molecular complexity index is 1410. The molecule has 1 atom stereocenters. The van der Waals surface area contributed by atoms with Crippen molar-refractivity contribution >= 4 is 22.3 Å². The van der Waals surface area contributed by atoms with E-state index in [2.05, 4.69) is 13.8 Å². The molecule has 0 spiro atoms. The zero-order valence-corrected chi connectivity index (χ0v) is 27.2. The lowest BCUT2D eigenvalue weighted by atomic mass is 9.85. The number of nitro groups is 2. The van der Waals surface area contributed by atoms with Crippen LogP contribution < -0.4 is 4.74 Å². The van der Waals surface area contributed by atoms with Crippen LogP contribution in [0.1, 0.15) is 133 Å². The minimum atomic E-state index is -0.622. The van der Waals surface area contributed by atoms with E-state index in [-0.39, 0.29) is 17.0 Å². The molecule has 0 saturated carbocycles. The number of benzene rings is 2. The van der Waals surface area contributed by atoms with Crippen LogP contribution in [0.3, 0.4) is 0 Å². The molecule has 2 heterocycles. The van der Waals surface area contributed by atoms with Crippen LogP contribution in [0.25, 0.3) is 22.3 Å². The Morgan fingerprint density at radius 1 is 0.750 bits per heavy atom. The number of hydrogen-bond acceptors (Lipinski definition) is 6. The lowest BCUT2D eigenvalue weighted by Crippen LogP contribution is -2.36. The van der Waals surface area contributed by atoms with Gasteiger partial charge in [0.05, 0.1) is 15.9 Å². The molecule has 8 heteroatoms. The summed E-state index contributed by atoms with van der Waals surface area (Å²) in [6.07, 6.45) is 21.6. The van der Waals surface area contributed by atoms with Gasteiger partial charge in [0.2, 0.25) is 0 Å². The standard InChI is InChI=1S/C36H50N2O6/c1-5-6-7-8-9-10-11-12-13-14-15-16-17-18-20-36(4)21-19-31-32-25-33(43-34(32)26(2)27(3)35(31)44-36)28-22-29(37(39)40)24-30(23-28)38(41)42/h22-25H,5-21H2,1-4H3. The first kappa shape index (κ1) is 33.5. The van der Waals surface area contributed by atoms with Gasteiger partial charge >= 0.3 is 0 Å². The molecule has 8 nitrogen and oxygen atoms in total. The van der Waals surface area contributed by atoms with Gasteiger partial charge in [-0.25, -0.2) is 0 Å². The van der Waals surface area contributed by atoms with E-state index < -0.39 is 9.85 Å². The van der Waals surface area contributed by atoms with Crippen molar-refractivity contribution in [3.63, 3.8) is 0 Å². The van der Waals surface area contributed by atoms with Gasteiger partial charge in [0.25, 0.3) is 11.4 Å². The highest BCUT2D eigenvalue weighted by Crippen LogP contribution is 2.46. The Morgan fingerprint density at radius 2 is 1.27 bits per heavy atom. The second kappa shape index (κ2) is 15.5. The van der Waals surface area contributed by atoms with Crippen molar-refractivity contribution in [2.75, 3.05) is 0 Å². The number of furan rings is 1. The molecule has 0 N–H and O–H groups in total. The van der Waals surface area contributed by atoms with Crippen LogP contribution in [0.5, 0.6) is 5.75 Å². The lowest BCUT2D eigenvalue weighted by Gasteiger charge is -2.37. The van der Waals surface area contributed by atoms with Crippen LogP contribution in [-0.4, -0.2) is 15.4 Å². The molecule has 1 aromatic heterocycles. The van der Waals surface area contributed by atoms with Crippen molar-refractivity contribution in [1.29, 1.82) is 0 Å². The number of rotatable bonds is 18. The highest BCUT2D eigenvalue weighted by molar-refractivity contribution is 5.92. The van der Waals surface area contributed by atoms with Gasteiger partial charge in [0.15, 0.2) is 0 Å². The van der Waals surface area contributed by atoms with Gasteiger partial charge < -0.3 is 9.15 Å². The average molecular weight is 607 g/mol. The number of fused-ring (bicyclic) bond motifs is 3.